The molecule has 0 atom stereocenters. The highest BCUT2D eigenvalue weighted by Crippen LogP contribution is 2.35. The van der Waals surface area contributed by atoms with Gasteiger partial charge in [-0.15, -0.1) is 0 Å². The van der Waals surface area contributed by atoms with E-state index in [0.717, 1.165) is 35.1 Å². The molecule has 0 aromatic heterocycles. The number of hydrogen-bond donors (Lipinski definition) is 0. The van der Waals surface area contributed by atoms with Crippen LogP contribution in [0.3, 0.4) is 0 Å². The SMILES string of the molecule is COc1cc(/C=C2/SC(=O)N(CC(=O)N3CCCC3)C2=O)ccc1OCc1ccc([N+](=O)[O-])cc1. The molecule has 182 valence electrons. The van der Waals surface area contributed by atoms with Crippen molar-refractivity contribution in [3.8, 4) is 11.5 Å². The molecule has 10 nitrogen and oxygen atoms in total. The number of nitrogens with zero attached hydrogens (tertiary/aromatic N) is 3. The molecule has 0 radical (unpaired) electrons. The van der Waals surface area contributed by atoms with E-state index in [0.29, 0.717) is 30.2 Å². The third-order valence-corrected chi connectivity index (χ3v) is 6.56. The van der Waals surface area contributed by atoms with Gasteiger partial charge in [0.25, 0.3) is 16.8 Å². The van der Waals surface area contributed by atoms with Crippen molar-refractivity contribution in [1.82, 2.24) is 9.80 Å². The lowest BCUT2D eigenvalue weighted by atomic mass is 10.1. The maximum absolute atomic E-state index is 12.8. The average molecular weight is 498 g/mol. The molecule has 11 heteroatoms. The van der Waals surface area contributed by atoms with Crippen LogP contribution in [0, 0.1) is 10.1 Å². The number of hydrogen-bond acceptors (Lipinski definition) is 8. The van der Waals surface area contributed by atoms with Gasteiger partial charge in [0.1, 0.15) is 13.2 Å². The number of rotatable bonds is 8. The first kappa shape index (κ1) is 24.3. The minimum Gasteiger partial charge on any atom is -0.493 e. The molecular formula is C24H23N3O7S. The van der Waals surface area contributed by atoms with Crippen LogP contribution in [0.4, 0.5) is 10.5 Å². The van der Waals surface area contributed by atoms with Crippen molar-refractivity contribution >= 4 is 40.6 Å². The number of methoxy groups -OCH3 is 1. The normalized spacial score (nSPS) is 16.8. The van der Waals surface area contributed by atoms with E-state index >= 15 is 0 Å². The van der Waals surface area contributed by atoms with Crippen LogP contribution in [0.5, 0.6) is 11.5 Å². The fraction of sp³-hybridized carbons (Fsp3) is 0.292. The van der Waals surface area contributed by atoms with Gasteiger partial charge in [0, 0.05) is 25.2 Å². The van der Waals surface area contributed by atoms with Crippen LogP contribution in [0.1, 0.15) is 24.0 Å². The average Bonchev–Trinajstić information content (AvgIpc) is 3.48. The van der Waals surface area contributed by atoms with Crippen LogP contribution < -0.4 is 9.47 Å². The van der Waals surface area contributed by atoms with E-state index in [1.54, 1.807) is 41.3 Å². The van der Waals surface area contributed by atoms with Gasteiger partial charge < -0.3 is 14.4 Å². The second kappa shape index (κ2) is 10.6. The molecule has 3 amide bonds. The summed E-state index contributed by atoms with van der Waals surface area (Å²) in [4.78, 5) is 50.7. The summed E-state index contributed by atoms with van der Waals surface area (Å²) in [6, 6.07) is 11.1. The number of likely N-dealkylation sites (tertiary alicyclic amines) is 1. The number of carbonyl (C=O) groups is 3. The second-order valence-electron chi connectivity index (χ2n) is 7.98. The molecule has 0 aliphatic carbocycles. The first-order valence-corrected chi connectivity index (χ1v) is 11.7. The fourth-order valence-corrected chi connectivity index (χ4v) is 4.60. The molecule has 0 bridgehead atoms. The summed E-state index contributed by atoms with van der Waals surface area (Å²) >= 11 is 0.797. The molecule has 35 heavy (non-hydrogen) atoms. The van der Waals surface area contributed by atoms with Crippen LogP contribution >= 0.6 is 11.8 Å². The van der Waals surface area contributed by atoms with E-state index in [1.165, 1.54) is 19.2 Å². The Kier molecular flexibility index (Phi) is 7.35. The van der Waals surface area contributed by atoms with Gasteiger partial charge in [0.2, 0.25) is 5.91 Å². The Balaban J connectivity index is 1.43. The molecule has 2 aromatic rings. The van der Waals surface area contributed by atoms with Gasteiger partial charge in [-0.1, -0.05) is 6.07 Å². The highest BCUT2D eigenvalue weighted by atomic mass is 32.2. The second-order valence-corrected chi connectivity index (χ2v) is 8.97. The number of non-ortho nitro benzene ring substituents is 1. The van der Waals surface area contributed by atoms with Crippen molar-refractivity contribution in [2.75, 3.05) is 26.7 Å². The van der Waals surface area contributed by atoms with E-state index in [2.05, 4.69) is 0 Å². The number of carbonyl (C=O) groups excluding carboxylic acids is 3. The standard InChI is InChI=1S/C24H23N3O7S/c1-33-20-12-17(6-9-19(20)34-15-16-4-7-18(8-5-16)27(31)32)13-21-23(29)26(24(30)35-21)14-22(28)25-10-2-3-11-25/h4-9,12-13H,2-3,10-11,14-15H2,1H3/b21-13+. The smallest absolute Gasteiger partial charge is 0.294 e. The molecule has 2 aliphatic heterocycles. The summed E-state index contributed by atoms with van der Waals surface area (Å²) in [5, 5.41) is 10.3. The Hall–Kier alpha value is -3.86. The molecule has 2 saturated heterocycles. The largest absolute Gasteiger partial charge is 0.493 e. The van der Waals surface area contributed by atoms with Gasteiger partial charge in [0.05, 0.1) is 16.9 Å². The van der Waals surface area contributed by atoms with Crippen LogP contribution in [-0.2, 0) is 16.2 Å². The lowest BCUT2D eigenvalue weighted by Gasteiger charge is -2.18. The van der Waals surface area contributed by atoms with E-state index in [9.17, 15) is 24.5 Å². The van der Waals surface area contributed by atoms with Crippen molar-refractivity contribution in [1.29, 1.82) is 0 Å². The quantitative estimate of drug-likeness (QED) is 0.307. The van der Waals surface area contributed by atoms with E-state index in [-0.39, 0.29) is 29.7 Å². The number of imide groups is 1. The van der Waals surface area contributed by atoms with Crippen molar-refractivity contribution in [2.24, 2.45) is 0 Å². The third kappa shape index (κ3) is 5.62. The third-order valence-electron chi connectivity index (χ3n) is 5.65. The van der Waals surface area contributed by atoms with Gasteiger partial charge >= 0.3 is 0 Å². The van der Waals surface area contributed by atoms with Crippen LogP contribution in [0.2, 0.25) is 0 Å². The maximum Gasteiger partial charge on any atom is 0.294 e. The molecule has 2 fully saturated rings. The van der Waals surface area contributed by atoms with Crippen molar-refractivity contribution < 1.29 is 28.8 Å². The number of ether oxygens (including phenoxy) is 2. The van der Waals surface area contributed by atoms with E-state index < -0.39 is 16.1 Å². The molecule has 0 unspecified atom stereocenters. The molecule has 2 heterocycles. The summed E-state index contributed by atoms with van der Waals surface area (Å²) in [6.45, 7) is 1.24. The lowest BCUT2D eigenvalue weighted by molar-refractivity contribution is -0.384. The predicted molar refractivity (Wildman–Crippen MR) is 129 cm³/mol. The summed E-state index contributed by atoms with van der Waals surface area (Å²) in [7, 11) is 1.48. The Morgan fingerprint density at radius 2 is 1.83 bits per heavy atom. The minimum atomic E-state index is -0.495. The van der Waals surface area contributed by atoms with Gasteiger partial charge in [-0.3, -0.25) is 29.4 Å². The Morgan fingerprint density at radius 3 is 2.49 bits per heavy atom. The molecule has 2 aliphatic rings. The number of nitro groups is 1. The minimum absolute atomic E-state index is 0.000471. The van der Waals surface area contributed by atoms with Crippen molar-refractivity contribution in [3.05, 3.63) is 68.6 Å². The highest BCUT2D eigenvalue weighted by Gasteiger charge is 2.37. The number of benzene rings is 2. The topological polar surface area (TPSA) is 119 Å². The van der Waals surface area contributed by atoms with Crippen molar-refractivity contribution in [3.63, 3.8) is 0 Å². The first-order chi connectivity index (χ1) is 16.9. The van der Waals surface area contributed by atoms with E-state index in [4.69, 9.17) is 9.47 Å². The Labute approximate surface area is 205 Å². The van der Waals surface area contributed by atoms with Crippen LogP contribution in [0.25, 0.3) is 6.08 Å². The predicted octanol–water partition coefficient (Wildman–Crippen LogP) is 3.84. The molecule has 2 aromatic carbocycles. The molecule has 0 spiro atoms. The lowest BCUT2D eigenvalue weighted by Crippen LogP contribution is -2.40. The van der Waals surface area contributed by atoms with Gasteiger partial charge in [-0.05, 0) is 66.1 Å². The number of amides is 3. The fourth-order valence-electron chi connectivity index (χ4n) is 3.76. The molecule has 4 rings (SSSR count). The van der Waals surface area contributed by atoms with Gasteiger partial charge in [-0.25, -0.2) is 0 Å². The maximum atomic E-state index is 12.8. The van der Waals surface area contributed by atoms with Crippen LogP contribution in [0.15, 0.2) is 47.4 Å². The summed E-state index contributed by atoms with van der Waals surface area (Å²) < 4.78 is 11.2. The zero-order valence-electron chi connectivity index (χ0n) is 19.0. The highest BCUT2D eigenvalue weighted by molar-refractivity contribution is 8.18. The summed E-state index contributed by atoms with van der Waals surface area (Å²) in [5.74, 6) is 0.156. The van der Waals surface area contributed by atoms with Crippen LogP contribution in [-0.4, -0.2) is 58.5 Å². The number of nitro benzene ring substituents is 1. The van der Waals surface area contributed by atoms with Gasteiger partial charge in [-0.2, -0.15) is 0 Å². The first-order valence-electron chi connectivity index (χ1n) is 10.9. The zero-order chi connectivity index (χ0) is 24.9. The van der Waals surface area contributed by atoms with E-state index in [1.807, 2.05) is 0 Å². The monoisotopic (exact) mass is 497 g/mol. The zero-order valence-corrected chi connectivity index (χ0v) is 19.8. The summed E-state index contributed by atoms with van der Waals surface area (Å²) in [5.41, 5.74) is 1.38. The molecular weight excluding hydrogens is 474 g/mol. The molecule has 0 saturated carbocycles. The summed E-state index contributed by atoms with van der Waals surface area (Å²) in [6.07, 6.45) is 3.44. The number of thioether (sulfide) groups is 1. The molecule has 0 N–H and O–H groups in total. The Bertz CT molecular complexity index is 1190. The van der Waals surface area contributed by atoms with Crippen molar-refractivity contribution in [2.45, 2.75) is 19.4 Å². The van der Waals surface area contributed by atoms with Gasteiger partial charge in [0.15, 0.2) is 11.5 Å². The Morgan fingerprint density at radius 1 is 1.11 bits per heavy atom.